The van der Waals surface area contributed by atoms with Crippen LogP contribution in [0.3, 0.4) is 0 Å². The molecular formula is C10H15BrSi. The van der Waals surface area contributed by atoms with Crippen LogP contribution in [0.1, 0.15) is 5.56 Å². The van der Waals surface area contributed by atoms with Gasteiger partial charge in [0.15, 0.2) is 0 Å². The van der Waals surface area contributed by atoms with Crippen molar-refractivity contribution in [1.29, 1.82) is 0 Å². The Kier molecular flexibility index (Phi) is 3.13. The second-order valence-electron chi connectivity index (χ2n) is 4.08. The van der Waals surface area contributed by atoms with Crippen LogP contribution >= 0.6 is 15.9 Å². The molecule has 66 valence electrons. The van der Waals surface area contributed by atoms with Gasteiger partial charge in [0, 0.05) is 5.33 Å². The highest BCUT2D eigenvalue weighted by molar-refractivity contribution is 9.08. The van der Waals surface area contributed by atoms with Crippen LogP contribution in [-0.2, 0) is 5.33 Å². The van der Waals surface area contributed by atoms with Crippen molar-refractivity contribution < 1.29 is 0 Å². The van der Waals surface area contributed by atoms with Gasteiger partial charge in [0.2, 0.25) is 0 Å². The lowest BCUT2D eigenvalue weighted by molar-refractivity contribution is 1.44. The van der Waals surface area contributed by atoms with Crippen molar-refractivity contribution in [2.45, 2.75) is 25.0 Å². The summed E-state index contributed by atoms with van der Waals surface area (Å²) in [7, 11) is -1.08. The van der Waals surface area contributed by atoms with E-state index in [9.17, 15) is 0 Å². The Labute approximate surface area is 84.1 Å². The maximum Gasteiger partial charge on any atom is 0.0775 e. The minimum absolute atomic E-state index is 0.957. The lowest BCUT2D eigenvalue weighted by atomic mass is 10.2. The number of alkyl halides is 1. The molecule has 0 fully saturated rings. The standard InChI is InChI=1S/C10H15BrSi/c1-12(2,3)10-6-4-9(8-11)5-7-10/h4-7H,8H2,1-3H3. The van der Waals surface area contributed by atoms with Crippen LogP contribution in [0.2, 0.25) is 19.6 Å². The molecule has 0 amide bonds. The van der Waals surface area contributed by atoms with Gasteiger partial charge in [-0.3, -0.25) is 0 Å². The van der Waals surface area contributed by atoms with E-state index in [0.717, 1.165) is 5.33 Å². The minimum atomic E-state index is -1.08. The molecule has 0 aliphatic carbocycles. The summed E-state index contributed by atoms with van der Waals surface area (Å²) in [6, 6.07) is 8.95. The second-order valence-corrected chi connectivity index (χ2v) is 9.72. The fourth-order valence-corrected chi connectivity index (χ4v) is 2.63. The van der Waals surface area contributed by atoms with Gasteiger partial charge in [-0.2, -0.15) is 0 Å². The molecule has 0 saturated heterocycles. The summed E-state index contributed by atoms with van der Waals surface area (Å²) in [6.07, 6.45) is 0. The maximum atomic E-state index is 3.44. The molecule has 0 nitrogen and oxygen atoms in total. The van der Waals surface area contributed by atoms with Gasteiger partial charge >= 0.3 is 0 Å². The van der Waals surface area contributed by atoms with Gasteiger partial charge in [-0.15, -0.1) is 0 Å². The van der Waals surface area contributed by atoms with Crippen molar-refractivity contribution in [3.8, 4) is 0 Å². The first-order valence-electron chi connectivity index (χ1n) is 4.19. The molecule has 0 saturated carbocycles. The molecule has 0 radical (unpaired) electrons. The molecule has 0 N–H and O–H groups in total. The van der Waals surface area contributed by atoms with Crippen molar-refractivity contribution in [3.63, 3.8) is 0 Å². The van der Waals surface area contributed by atoms with Crippen LogP contribution in [0.25, 0.3) is 0 Å². The summed E-state index contributed by atoms with van der Waals surface area (Å²) in [6.45, 7) is 7.11. The molecule has 0 aliphatic rings. The third kappa shape index (κ3) is 2.46. The number of benzene rings is 1. The molecule has 1 aromatic rings. The van der Waals surface area contributed by atoms with Crippen LogP contribution < -0.4 is 5.19 Å². The fraction of sp³-hybridized carbons (Fsp3) is 0.400. The zero-order valence-corrected chi connectivity index (χ0v) is 10.5. The molecule has 12 heavy (non-hydrogen) atoms. The van der Waals surface area contributed by atoms with Crippen molar-refractivity contribution in [1.82, 2.24) is 0 Å². The molecule has 1 rings (SSSR count). The molecule has 0 aliphatic heterocycles. The van der Waals surface area contributed by atoms with Crippen molar-refractivity contribution in [2.75, 3.05) is 0 Å². The number of rotatable bonds is 2. The van der Waals surface area contributed by atoms with Crippen LogP contribution in [0.4, 0.5) is 0 Å². The Balaban J connectivity index is 2.93. The smallest absolute Gasteiger partial charge is 0.0775 e. The van der Waals surface area contributed by atoms with E-state index in [1.165, 1.54) is 10.8 Å². The van der Waals surface area contributed by atoms with Crippen molar-refractivity contribution in [3.05, 3.63) is 29.8 Å². The van der Waals surface area contributed by atoms with E-state index in [0.29, 0.717) is 0 Å². The molecule has 0 unspecified atom stereocenters. The molecule has 2 heteroatoms. The normalized spacial score (nSPS) is 11.7. The van der Waals surface area contributed by atoms with Gasteiger partial charge in [0.05, 0.1) is 8.07 Å². The van der Waals surface area contributed by atoms with Gasteiger partial charge in [-0.1, -0.05) is 65.0 Å². The van der Waals surface area contributed by atoms with E-state index in [1.807, 2.05) is 0 Å². The van der Waals surface area contributed by atoms with Crippen molar-refractivity contribution >= 4 is 29.2 Å². The van der Waals surface area contributed by atoms with E-state index < -0.39 is 8.07 Å². The molecule has 0 heterocycles. The fourth-order valence-electron chi connectivity index (χ4n) is 1.09. The van der Waals surface area contributed by atoms with E-state index in [2.05, 4.69) is 59.8 Å². The van der Waals surface area contributed by atoms with Crippen LogP contribution in [0.15, 0.2) is 24.3 Å². The second kappa shape index (κ2) is 3.75. The van der Waals surface area contributed by atoms with E-state index in [4.69, 9.17) is 0 Å². The highest BCUT2D eigenvalue weighted by Crippen LogP contribution is 2.06. The SMILES string of the molecule is C[Si](C)(C)c1ccc(CBr)cc1. The molecule has 1 aromatic carbocycles. The Morgan fingerprint density at radius 2 is 1.58 bits per heavy atom. The first-order valence-corrected chi connectivity index (χ1v) is 8.81. The number of hydrogen-bond acceptors (Lipinski definition) is 0. The summed E-state index contributed by atoms with van der Waals surface area (Å²) >= 11 is 3.44. The van der Waals surface area contributed by atoms with Crippen LogP contribution in [-0.4, -0.2) is 8.07 Å². The lowest BCUT2D eigenvalue weighted by Crippen LogP contribution is -2.37. The first-order chi connectivity index (χ1) is 5.54. The quantitative estimate of drug-likeness (QED) is 0.553. The summed E-state index contributed by atoms with van der Waals surface area (Å²) in [5.41, 5.74) is 1.36. The Morgan fingerprint density at radius 1 is 1.08 bits per heavy atom. The van der Waals surface area contributed by atoms with E-state index >= 15 is 0 Å². The van der Waals surface area contributed by atoms with E-state index in [-0.39, 0.29) is 0 Å². The van der Waals surface area contributed by atoms with E-state index in [1.54, 1.807) is 0 Å². The third-order valence-electron chi connectivity index (χ3n) is 1.97. The van der Waals surface area contributed by atoms with Gasteiger partial charge in [0.1, 0.15) is 0 Å². The predicted molar refractivity (Wildman–Crippen MR) is 62.1 cm³/mol. The van der Waals surface area contributed by atoms with Gasteiger partial charge in [0.25, 0.3) is 0 Å². The maximum absolute atomic E-state index is 3.44. The Bertz CT molecular complexity index is 246. The van der Waals surface area contributed by atoms with Gasteiger partial charge in [-0.25, -0.2) is 0 Å². The minimum Gasteiger partial charge on any atom is -0.0876 e. The molecule has 0 aromatic heterocycles. The summed E-state index contributed by atoms with van der Waals surface area (Å²) in [5, 5.41) is 2.49. The highest BCUT2D eigenvalue weighted by Gasteiger charge is 2.15. The van der Waals surface area contributed by atoms with Crippen molar-refractivity contribution in [2.24, 2.45) is 0 Å². The highest BCUT2D eigenvalue weighted by atomic mass is 79.9. The van der Waals surface area contributed by atoms with Gasteiger partial charge < -0.3 is 0 Å². The molecule has 0 atom stereocenters. The van der Waals surface area contributed by atoms with Crippen LogP contribution in [0, 0.1) is 0 Å². The molecule has 0 bridgehead atoms. The Hall–Kier alpha value is -0.0831. The first kappa shape index (κ1) is 10.0. The Morgan fingerprint density at radius 3 is 1.92 bits per heavy atom. The summed E-state index contributed by atoms with van der Waals surface area (Å²) < 4.78 is 0. The van der Waals surface area contributed by atoms with Crippen LogP contribution in [0.5, 0.6) is 0 Å². The monoisotopic (exact) mass is 242 g/mol. The molecule has 0 spiro atoms. The lowest BCUT2D eigenvalue weighted by Gasteiger charge is -2.16. The molecular weight excluding hydrogens is 228 g/mol. The average molecular weight is 243 g/mol. The number of halogens is 1. The average Bonchev–Trinajstić information content (AvgIpc) is 2.03. The summed E-state index contributed by atoms with van der Waals surface area (Å²) in [5.74, 6) is 0. The zero-order chi connectivity index (χ0) is 9.19. The summed E-state index contributed by atoms with van der Waals surface area (Å²) in [4.78, 5) is 0. The largest absolute Gasteiger partial charge is 0.0876 e. The number of hydrogen-bond donors (Lipinski definition) is 0. The third-order valence-corrected chi connectivity index (χ3v) is 4.69. The predicted octanol–water partition coefficient (Wildman–Crippen LogP) is 3.13. The van der Waals surface area contributed by atoms with Gasteiger partial charge in [-0.05, 0) is 5.56 Å². The zero-order valence-electron chi connectivity index (χ0n) is 7.89. The topological polar surface area (TPSA) is 0 Å².